The number of nitrogens with one attached hydrogen (secondary N) is 1. The van der Waals surface area contributed by atoms with Crippen LogP contribution in [-0.2, 0) is 0 Å². The number of alkyl halides is 3. The molecule has 1 aromatic carbocycles. The second kappa shape index (κ2) is 7.35. The van der Waals surface area contributed by atoms with Gasteiger partial charge < -0.3 is 4.74 Å². The van der Waals surface area contributed by atoms with E-state index >= 15 is 0 Å². The number of nitrogens with two attached hydrogens (primary N) is 1. The van der Waals surface area contributed by atoms with Crippen molar-refractivity contribution in [2.45, 2.75) is 45.0 Å². The van der Waals surface area contributed by atoms with E-state index in [1.165, 1.54) is 18.2 Å². The first-order valence-corrected chi connectivity index (χ1v) is 6.28. The molecule has 19 heavy (non-hydrogen) atoms. The number of hydrogen-bond donors (Lipinski definition) is 2. The molecule has 0 heterocycles. The Morgan fingerprint density at radius 1 is 1.32 bits per heavy atom. The van der Waals surface area contributed by atoms with E-state index in [4.69, 9.17) is 5.84 Å². The molecular formula is C13H19F3N2O. The molecule has 108 valence electrons. The van der Waals surface area contributed by atoms with Gasteiger partial charge in [-0.3, -0.25) is 11.3 Å². The molecule has 0 fully saturated rings. The summed E-state index contributed by atoms with van der Waals surface area (Å²) in [6.45, 7) is 2.09. The quantitative estimate of drug-likeness (QED) is 0.454. The monoisotopic (exact) mass is 276 g/mol. The minimum absolute atomic E-state index is 0.164. The van der Waals surface area contributed by atoms with E-state index in [2.05, 4.69) is 17.1 Å². The van der Waals surface area contributed by atoms with E-state index in [1.807, 2.05) is 0 Å². The first-order valence-electron chi connectivity index (χ1n) is 6.28. The molecule has 0 radical (unpaired) electrons. The van der Waals surface area contributed by atoms with Gasteiger partial charge in [0.15, 0.2) is 0 Å². The van der Waals surface area contributed by atoms with Crippen molar-refractivity contribution >= 4 is 0 Å². The topological polar surface area (TPSA) is 47.3 Å². The highest BCUT2D eigenvalue weighted by atomic mass is 19.4. The summed E-state index contributed by atoms with van der Waals surface area (Å²) in [5.74, 6) is 5.23. The predicted octanol–water partition coefficient (Wildman–Crippen LogP) is 3.67. The predicted molar refractivity (Wildman–Crippen MR) is 67.3 cm³/mol. The van der Waals surface area contributed by atoms with Gasteiger partial charge in [-0.25, -0.2) is 0 Å². The third-order valence-electron chi connectivity index (χ3n) is 2.79. The summed E-state index contributed by atoms with van der Waals surface area (Å²) < 4.78 is 40.3. The van der Waals surface area contributed by atoms with E-state index in [0.29, 0.717) is 5.56 Å². The third kappa shape index (κ3) is 5.94. The molecule has 1 atom stereocenters. The van der Waals surface area contributed by atoms with Gasteiger partial charge in [-0.15, -0.1) is 13.2 Å². The molecule has 3 N–H and O–H groups in total. The van der Waals surface area contributed by atoms with Crippen molar-refractivity contribution in [1.29, 1.82) is 0 Å². The normalized spacial score (nSPS) is 13.3. The SMILES string of the molecule is CCCCCC(NN)c1cccc(OC(F)(F)F)c1. The van der Waals surface area contributed by atoms with Crippen LogP contribution < -0.4 is 16.0 Å². The fourth-order valence-corrected chi connectivity index (χ4v) is 1.87. The van der Waals surface area contributed by atoms with Crippen molar-refractivity contribution in [3.8, 4) is 5.75 Å². The van der Waals surface area contributed by atoms with Gasteiger partial charge in [0.2, 0.25) is 0 Å². The van der Waals surface area contributed by atoms with Gasteiger partial charge in [-0.1, -0.05) is 38.3 Å². The first kappa shape index (κ1) is 15.8. The Labute approximate surface area is 110 Å². The van der Waals surface area contributed by atoms with Gasteiger partial charge >= 0.3 is 6.36 Å². The Balaban J connectivity index is 2.72. The van der Waals surface area contributed by atoms with Gasteiger partial charge in [-0.2, -0.15) is 0 Å². The Kier molecular flexibility index (Phi) is 6.11. The summed E-state index contributed by atoms with van der Waals surface area (Å²) in [5.41, 5.74) is 3.33. The highest BCUT2D eigenvalue weighted by molar-refractivity contribution is 5.30. The lowest BCUT2D eigenvalue weighted by Gasteiger charge is -2.17. The molecule has 3 nitrogen and oxygen atoms in total. The fourth-order valence-electron chi connectivity index (χ4n) is 1.87. The molecule has 0 spiro atoms. The zero-order chi connectivity index (χ0) is 14.3. The third-order valence-corrected chi connectivity index (χ3v) is 2.79. The van der Waals surface area contributed by atoms with E-state index < -0.39 is 6.36 Å². The summed E-state index contributed by atoms with van der Waals surface area (Å²) in [6, 6.07) is 5.74. The molecule has 0 aliphatic heterocycles. The lowest BCUT2D eigenvalue weighted by molar-refractivity contribution is -0.274. The van der Waals surface area contributed by atoms with Crippen LogP contribution in [0, 0.1) is 0 Å². The van der Waals surface area contributed by atoms with Gasteiger partial charge in [0.05, 0.1) is 0 Å². The molecule has 0 aromatic heterocycles. The van der Waals surface area contributed by atoms with Crippen molar-refractivity contribution in [2.24, 2.45) is 5.84 Å². The molecule has 0 bridgehead atoms. The van der Waals surface area contributed by atoms with Gasteiger partial charge in [0.1, 0.15) is 5.75 Å². The maximum atomic E-state index is 12.1. The Morgan fingerprint density at radius 3 is 2.63 bits per heavy atom. The standard InChI is InChI=1S/C13H19F3N2O/c1-2-3-4-8-12(18-17)10-6-5-7-11(9-10)19-13(14,15)16/h5-7,9,12,18H,2-4,8,17H2,1H3. The Morgan fingerprint density at radius 2 is 2.05 bits per heavy atom. The highest BCUT2D eigenvalue weighted by Crippen LogP contribution is 2.27. The zero-order valence-corrected chi connectivity index (χ0v) is 10.8. The number of hydrogen-bond acceptors (Lipinski definition) is 3. The average Bonchev–Trinajstić information content (AvgIpc) is 2.33. The maximum Gasteiger partial charge on any atom is 0.573 e. The van der Waals surface area contributed by atoms with Crippen LogP contribution in [-0.4, -0.2) is 6.36 Å². The number of hydrazine groups is 1. The molecule has 6 heteroatoms. The smallest absolute Gasteiger partial charge is 0.406 e. The summed E-state index contributed by atoms with van der Waals surface area (Å²) in [6.07, 6.45) is -0.784. The molecule has 0 aliphatic carbocycles. The van der Waals surface area contributed by atoms with Gasteiger partial charge in [0.25, 0.3) is 0 Å². The van der Waals surface area contributed by atoms with E-state index in [9.17, 15) is 13.2 Å². The molecule has 0 saturated heterocycles. The molecule has 1 aromatic rings. The van der Waals surface area contributed by atoms with Crippen molar-refractivity contribution in [3.05, 3.63) is 29.8 Å². The lowest BCUT2D eigenvalue weighted by Crippen LogP contribution is -2.28. The Hall–Kier alpha value is -1.27. The maximum absolute atomic E-state index is 12.1. The second-order valence-electron chi connectivity index (χ2n) is 4.34. The van der Waals surface area contributed by atoms with Crippen LogP contribution in [0.5, 0.6) is 5.75 Å². The fraction of sp³-hybridized carbons (Fsp3) is 0.538. The van der Waals surface area contributed by atoms with E-state index in [-0.39, 0.29) is 11.8 Å². The molecule has 0 aliphatic rings. The van der Waals surface area contributed by atoms with E-state index in [0.717, 1.165) is 25.7 Å². The van der Waals surface area contributed by atoms with Crippen molar-refractivity contribution in [3.63, 3.8) is 0 Å². The molecular weight excluding hydrogens is 257 g/mol. The van der Waals surface area contributed by atoms with Crippen LogP contribution in [0.15, 0.2) is 24.3 Å². The van der Waals surface area contributed by atoms with Crippen LogP contribution in [0.25, 0.3) is 0 Å². The van der Waals surface area contributed by atoms with Crippen LogP contribution in [0.2, 0.25) is 0 Å². The molecule has 0 amide bonds. The first-order chi connectivity index (χ1) is 8.96. The van der Waals surface area contributed by atoms with Gasteiger partial charge in [-0.05, 0) is 24.1 Å². The van der Waals surface area contributed by atoms with Crippen molar-refractivity contribution in [2.75, 3.05) is 0 Å². The number of halogens is 3. The number of unbranched alkanes of at least 4 members (excludes halogenated alkanes) is 2. The zero-order valence-electron chi connectivity index (χ0n) is 10.8. The highest BCUT2D eigenvalue weighted by Gasteiger charge is 2.31. The number of benzene rings is 1. The van der Waals surface area contributed by atoms with E-state index in [1.54, 1.807) is 6.07 Å². The number of rotatable bonds is 7. The van der Waals surface area contributed by atoms with Crippen LogP contribution >= 0.6 is 0 Å². The van der Waals surface area contributed by atoms with Gasteiger partial charge in [0, 0.05) is 6.04 Å². The van der Waals surface area contributed by atoms with Crippen molar-refractivity contribution in [1.82, 2.24) is 5.43 Å². The second-order valence-corrected chi connectivity index (χ2v) is 4.34. The number of ether oxygens (including phenoxy) is 1. The summed E-state index contributed by atoms with van der Waals surface area (Å²) in [7, 11) is 0. The molecule has 0 saturated carbocycles. The Bertz CT molecular complexity index is 382. The van der Waals surface area contributed by atoms with Crippen LogP contribution in [0.1, 0.15) is 44.2 Å². The van der Waals surface area contributed by atoms with Crippen LogP contribution in [0.3, 0.4) is 0 Å². The average molecular weight is 276 g/mol. The molecule has 1 rings (SSSR count). The van der Waals surface area contributed by atoms with Crippen LogP contribution in [0.4, 0.5) is 13.2 Å². The summed E-state index contributed by atoms with van der Waals surface area (Å²) in [5, 5.41) is 0. The minimum Gasteiger partial charge on any atom is -0.406 e. The largest absolute Gasteiger partial charge is 0.573 e. The summed E-state index contributed by atoms with van der Waals surface area (Å²) in [4.78, 5) is 0. The minimum atomic E-state index is -4.67. The molecule has 1 unspecified atom stereocenters. The summed E-state index contributed by atoms with van der Waals surface area (Å²) >= 11 is 0. The van der Waals surface area contributed by atoms with Crippen molar-refractivity contribution < 1.29 is 17.9 Å². The lowest BCUT2D eigenvalue weighted by atomic mass is 10.0.